The largest absolute Gasteiger partial charge is 0.327 e. The number of hydrogen-bond donors (Lipinski definition) is 1. The van der Waals surface area contributed by atoms with Crippen LogP contribution in [0.15, 0.2) is 12.3 Å². The van der Waals surface area contributed by atoms with Crippen LogP contribution in [0.2, 0.25) is 0 Å². The van der Waals surface area contributed by atoms with E-state index in [4.69, 9.17) is 10.8 Å². The van der Waals surface area contributed by atoms with Crippen molar-refractivity contribution < 1.29 is 0 Å². The van der Waals surface area contributed by atoms with Crippen LogP contribution in [0.25, 0.3) is 0 Å². The van der Waals surface area contributed by atoms with E-state index in [-0.39, 0.29) is 6.04 Å². The average Bonchev–Trinajstić information content (AvgIpc) is 3.20. The number of nitrogens with two attached hydrogens (primary N) is 1. The first-order valence-corrected chi connectivity index (χ1v) is 8.53. The van der Waals surface area contributed by atoms with E-state index in [1.807, 2.05) is 0 Å². The predicted molar refractivity (Wildman–Crippen MR) is 82.6 cm³/mol. The summed E-state index contributed by atoms with van der Waals surface area (Å²) in [5.74, 6) is 0. The molecule has 1 atom stereocenters. The minimum absolute atomic E-state index is 0.280. The molecule has 1 aromatic heterocycles. The quantitative estimate of drug-likeness (QED) is 0.887. The van der Waals surface area contributed by atoms with Gasteiger partial charge in [0.05, 0.1) is 11.7 Å². The summed E-state index contributed by atoms with van der Waals surface area (Å²) in [6, 6.07) is 3.12. The lowest BCUT2D eigenvalue weighted by molar-refractivity contribution is 0.217. The van der Waals surface area contributed by atoms with Crippen molar-refractivity contribution in [3.8, 4) is 0 Å². The third kappa shape index (κ3) is 2.65. The predicted octanol–water partition coefficient (Wildman–Crippen LogP) is 3.84. The maximum Gasteiger partial charge on any atom is 0.0640 e. The minimum Gasteiger partial charge on any atom is -0.327 e. The van der Waals surface area contributed by atoms with Crippen molar-refractivity contribution >= 4 is 0 Å². The highest BCUT2D eigenvalue weighted by Gasteiger charge is 2.37. The van der Waals surface area contributed by atoms with E-state index in [1.54, 1.807) is 0 Å². The Hall–Kier alpha value is -0.830. The second kappa shape index (κ2) is 5.88. The van der Waals surface area contributed by atoms with Crippen molar-refractivity contribution in [2.24, 2.45) is 11.1 Å². The molecule has 0 bridgehead atoms. The van der Waals surface area contributed by atoms with Crippen molar-refractivity contribution in [1.29, 1.82) is 0 Å². The van der Waals surface area contributed by atoms with E-state index in [0.717, 1.165) is 6.42 Å². The molecule has 2 saturated carbocycles. The van der Waals surface area contributed by atoms with Gasteiger partial charge in [0.2, 0.25) is 0 Å². The molecule has 2 aliphatic carbocycles. The van der Waals surface area contributed by atoms with Gasteiger partial charge in [-0.25, -0.2) is 0 Å². The van der Waals surface area contributed by atoms with E-state index in [1.165, 1.54) is 63.5 Å². The Morgan fingerprint density at radius 2 is 2.00 bits per heavy atom. The van der Waals surface area contributed by atoms with Crippen LogP contribution < -0.4 is 5.73 Å². The summed E-state index contributed by atoms with van der Waals surface area (Å²) in [7, 11) is 0. The molecule has 20 heavy (non-hydrogen) atoms. The van der Waals surface area contributed by atoms with Gasteiger partial charge in [0.1, 0.15) is 0 Å². The summed E-state index contributed by atoms with van der Waals surface area (Å²) in [5.41, 5.74) is 8.15. The molecule has 0 saturated heterocycles. The van der Waals surface area contributed by atoms with Gasteiger partial charge >= 0.3 is 0 Å². The second-order valence-corrected chi connectivity index (χ2v) is 6.96. The Morgan fingerprint density at radius 1 is 1.30 bits per heavy atom. The van der Waals surface area contributed by atoms with Gasteiger partial charge in [-0.1, -0.05) is 32.6 Å². The fraction of sp³-hybridized carbons (Fsp3) is 0.824. The van der Waals surface area contributed by atoms with Crippen LogP contribution in [0, 0.1) is 5.41 Å². The zero-order valence-electron chi connectivity index (χ0n) is 12.9. The van der Waals surface area contributed by atoms with Crippen molar-refractivity contribution in [2.75, 3.05) is 0 Å². The standard InChI is InChI=1S/C17H29N3/c1-2-17(10-5-6-11-17)16(18)13-14-9-12-20(19-14)15-7-3-4-8-15/h9,12,15-16H,2-8,10-11,13,18H2,1H3. The number of nitrogens with zero attached hydrogens (tertiary/aromatic N) is 2. The second-order valence-electron chi connectivity index (χ2n) is 6.96. The van der Waals surface area contributed by atoms with Gasteiger partial charge < -0.3 is 5.73 Å². The van der Waals surface area contributed by atoms with Crippen LogP contribution >= 0.6 is 0 Å². The summed E-state index contributed by atoms with van der Waals surface area (Å²) in [6.45, 7) is 2.31. The Balaban J connectivity index is 1.65. The zero-order valence-corrected chi connectivity index (χ0v) is 12.9. The third-order valence-corrected chi connectivity index (χ3v) is 5.88. The molecule has 1 heterocycles. The SMILES string of the molecule is CCC1(C(N)Cc2ccn(C3CCCC3)n2)CCCC1. The van der Waals surface area contributed by atoms with E-state index in [0.29, 0.717) is 11.5 Å². The van der Waals surface area contributed by atoms with E-state index >= 15 is 0 Å². The third-order valence-electron chi connectivity index (χ3n) is 5.88. The van der Waals surface area contributed by atoms with Crippen molar-refractivity contribution in [3.63, 3.8) is 0 Å². The van der Waals surface area contributed by atoms with Gasteiger partial charge in [-0.3, -0.25) is 4.68 Å². The molecular weight excluding hydrogens is 246 g/mol. The molecule has 0 radical (unpaired) electrons. The lowest BCUT2D eigenvalue weighted by Gasteiger charge is -2.34. The molecule has 2 aliphatic rings. The molecule has 112 valence electrons. The molecule has 2 N–H and O–H groups in total. The maximum atomic E-state index is 6.57. The number of hydrogen-bond acceptors (Lipinski definition) is 2. The maximum absolute atomic E-state index is 6.57. The van der Waals surface area contributed by atoms with Gasteiger partial charge in [-0.15, -0.1) is 0 Å². The summed E-state index contributed by atoms with van der Waals surface area (Å²) < 4.78 is 2.20. The number of rotatable bonds is 5. The summed E-state index contributed by atoms with van der Waals surface area (Å²) in [5, 5.41) is 4.81. The summed E-state index contributed by atoms with van der Waals surface area (Å²) in [6.07, 6.45) is 15.0. The molecule has 0 spiro atoms. The average molecular weight is 275 g/mol. The highest BCUT2D eigenvalue weighted by Crippen LogP contribution is 2.43. The molecular formula is C17H29N3. The number of aromatic nitrogens is 2. The van der Waals surface area contributed by atoms with E-state index in [2.05, 4.69) is 23.9 Å². The van der Waals surface area contributed by atoms with E-state index in [9.17, 15) is 0 Å². The van der Waals surface area contributed by atoms with Crippen molar-refractivity contribution in [2.45, 2.75) is 83.2 Å². The Bertz CT molecular complexity index is 425. The van der Waals surface area contributed by atoms with Crippen molar-refractivity contribution in [3.05, 3.63) is 18.0 Å². The highest BCUT2D eigenvalue weighted by atomic mass is 15.3. The molecule has 3 rings (SSSR count). The van der Waals surface area contributed by atoms with Crippen LogP contribution in [0.1, 0.15) is 76.4 Å². The molecule has 0 aromatic carbocycles. The van der Waals surface area contributed by atoms with Crippen LogP contribution in [0.3, 0.4) is 0 Å². The van der Waals surface area contributed by atoms with Crippen molar-refractivity contribution in [1.82, 2.24) is 9.78 Å². The summed E-state index contributed by atoms with van der Waals surface area (Å²) >= 11 is 0. The fourth-order valence-electron chi connectivity index (χ4n) is 4.37. The minimum atomic E-state index is 0.280. The summed E-state index contributed by atoms with van der Waals surface area (Å²) in [4.78, 5) is 0. The van der Waals surface area contributed by atoms with Gasteiger partial charge in [0, 0.05) is 18.7 Å². The highest BCUT2D eigenvalue weighted by molar-refractivity contribution is 5.06. The Morgan fingerprint density at radius 3 is 2.65 bits per heavy atom. The topological polar surface area (TPSA) is 43.8 Å². The fourth-order valence-corrected chi connectivity index (χ4v) is 4.37. The first kappa shape index (κ1) is 14.1. The van der Waals surface area contributed by atoms with Crippen LogP contribution in [0.5, 0.6) is 0 Å². The molecule has 2 fully saturated rings. The Kier molecular flexibility index (Phi) is 4.16. The van der Waals surface area contributed by atoms with Gasteiger partial charge in [0.25, 0.3) is 0 Å². The van der Waals surface area contributed by atoms with Gasteiger partial charge in [-0.2, -0.15) is 5.10 Å². The smallest absolute Gasteiger partial charge is 0.0640 e. The van der Waals surface area contributed by atoms with Gasteiger partial charge in [-0.05, 0) is 43.6 Å². The molecule has 0 amide bonds. The monoisotopic (exact) mass is 275 g/mol. The lowest BCUT2D eigenvalue weighted by Crippen LogP contribution is -2.41. The molecule has 3 heteroatoms. The molecule has 0 aliphatic heterocycles. The lowest BCUT2D eigenvalue weighted by atomic mass is 9.75. The van der Waals surface area contributed by atoms with E-state index < -0.39 is 0 Å². The first-order valence-electron chi connectivity index (χ1n) is 8.53. The molecule has 1 unspecified atom stereocenters. The van der Waals surface area contributed by atoms with Crippen LogP contribution in [0.4, 0.5) is 0 Å². The first-order chi connectivity index (χ1) is 9.73. The van der Waals surface area contributed by atoms with Crippen LogP contribution in [-0.2, 0) is 6.42 Å². The zero-order chi connectivity index (χ0) is 14.0. The normalized spacial score (nSPS) is 24.3. The van der Waals surface area contributed by atoms with Gasteiger partial charge in [0.15, 0.2) is 0 Å². The van der Waals surface area contributed by atoms with Crippen LogP contribution in [-0.4, -0.2) is 15.8 Å². The molecule has 3 nitrogen and oxygen atoms in total. The molecule has 1 aromatic rings. The Labute approximate surface area is 122 Å².